The zero-order valence-corrected chi connectivity index (χ0v) is 16.8. The number of esters is 1. The van der Waals surface area contributed by atoms with Gasteiger partial charge < -0.3 is 10.1 Å². The zero-order valence-electron chi connectivity index (χ0n) is 16.0. The van der Waals surface area contributed by atoms with Gasteiger partial charge in [0.05, 0.1) is 16.3 Å². The minimum Gasteiger partial charge on any atom is -0.449 e. The lowest BCUT2D eigenvalue weighted by molar-refractivity contribution is -0.384. The number of halogens is 1. The maximum absolute atomic E-state index is 12.6. The molecular formula is C20H17ClN4O5. The second kappa shape index (κ2) is 8.75. The number of aromatic nitrogens is 2. The lowest BCUT2D eigenvalue weighted by atomic mass is 10.2. The van der Waals surface area contributed by atoms with E-state index in [1.54, 1.807) is 19.1 Å². The van der Waals surface area contributed by atoms with Crippen molar-refractivity contribution in [2.24, 2.45) is 0 Å². The molecule has 1 heterocycles. The number of nitrogens with one attached hydrogen (secondary N) is 1. The first-order valence-corrected chi connectivity index (χ1v) is 9.22. The number of benzene rings is 2. The number of rotatable bonds is 6. The maximum Gasteiger partial charge on any atom is 0.344 e. The van der Waals surface area contributed by atoms with Gasteiger partial charge in [-0.05, 0) is 38.1 Å². The average molecular weight is 429 g/mol. The Bertz CT molecular complexity index is 1100. The number of non-ortho nitro benzene ring substituents is 1. The minimum absolute atomic E-state index is 0.0653. The van der Waals surface area contributed by atoms with E-state index in [9.17, 15) is 19.7 Å². The van der Waals surface area contributed by atoms with E-state index in [4.69, 9.17) is 16.3 Å². The number of anilines is 1. The highest BCUT2D eigenvalue weighted by atomic mass is 35.5. The van der Waals surface area contributed by atoms with Crippen LogP contribution in [0.5, 0.6) is 0 Å². The number of hydrogen-bond donors (Lipinski definition) is 1. The Morgan fingerprint density at radius 3 is 2.40 bits per heavy atom. The number of carbonyl (C=O) groups is 2. The summed E-state index contributed by atoms with van der Waals surface area (Å²) in [5.74, 6) is -1.38. The number of nitrogens with zero attached hydrogens (tertiary/aromatic N) is 3. The maximum atomic E-state index is 12.6. The van der Waals surface area contributed by atoms with Gasteiger partial charge in [-0.1, -0.05) is 29.8 Å². The van der Waals surface area contributed by atoms with Crippen LogP contribution in [-0.2, 0) is 9.53 Å². The van der Waals surface area contributed by atoms with E-state index in [1.165, 1.54) is 35.9 Å². The predicted octanol–water partition coefficient (Wildman–Crippen LogP) is 3.93. The lowest BCUT2D eigenvalue weighted by Gasteiger charge is -2.13. The number of nitro benzene ring substituents is 1. The monoisotopic (exact) mass is 428 g/mol. The third-order valence-corrected chi connectivity index (χ3v) is 4.56. The third kappa shape index (κ3) is 4.47. The Kier molecular flexibility index (Phi) is 6.12. The first kappa shape index (κ1) is 21.0. The van der Waals surface area contributed by atoms with Crippen LogP contribution in [0.25, 0.3) is 5.69 Å². The molecule has 1 atom stereocenters. The first-order valence-electron chi connectivity index (χ1n) is 8.84. The van der Waals surface area contributed by atoms with Crippen LogP contribution < -0.4 is 5.32 Å². The third-order valence-electron chi connectivity index (χ3n) is 4.21. The summed E-state index contributed by atoms with van der Waals surface area (Å²) in [6, 6.07) is 14.3. The van der Waals surface area contributed by atoms with Gasteiger partial charge in [0.2, 0.25) is 0 Å². The van der Waals surface area contributed by atoms with Crippen LogP contribution in [0.3, 0.4) is 0 Å². The van der Waals surface area contributed by atoms with E-state index in [-0.39, 0.29) is 16.4 Å². The molecule has 0 aliphatic carbocycles. The van der Waals surface area contributed by atoms with Gasteiger partial charge in [0.25, 0.3) is 11.6 Å². The number of ether oxygens (including phenoxy) is 1. The van der Waals surface area contributed by atoms with Crippen molar-refractivity contribution in [3.63, 3.8) is 0 Å². The molecule has 0 saturated carbocycles. The molecule has 0 aliphatic rings. The number of carbonyl (C=O) groups excluding carboxylic acids is 2. The van der Waals surface area contributed by atoms with Crippen molar-refractivity contribution in [1.82, 2.24) is 9.78 Å². The molecule has 9 nitrogen and oxygen atoms in total. The van der Waals surface area contributed by atoms with Crippen LogP contribution in [0.4, 0.5) is 11.4 Å². The fourth-order valence-electron chi connectivity index (χ4n) is 2.65. The highest BCUT2D eigenvalue weighted by molar-refractivity contribution is 6.33. The van der Waals surface area contributed by atoms with Crippen LogP contribution in [-0.4, -0.2) is 32.7 Å². The summed E-state index contributed by atoms with van der Waals surface area (Å²) in [7, 11) is 0. The Morgan fingerprint density at radius 2 is 1.80 bits per heavy atom. The van der Waals surface area contributed by atoms with Crippen molar-refractivity contribution in [1.29, 1.82) is 0 Å². The minimum atomic E-state index is -1.14. The SMILES string of the molecule is Cc1nn(-c2ccccc2)c(Cl)c1C(=O)OC(C)C(=O)Nc1ccc([N+](=O)[O-])cc1. The van der Waals surface area contributed by atoms with Crippen molar-refractivity contribution in [3.05, 3.63) is 81.1 Å². The lowest BCUT2D eigenvalue weighted by Crippen LogP contribution is -2.30. The molecule has 3 rings (SSSR count). The first-order chi connectivity index (χ1) is 14.3. The number of hydrogen-bond acceptors (Lipinski definition) is 6. The summed E-state index contributed by atoms with van der Waals surface area (Å²) in [5.41, 5.74) is 1.33. The van der Waals surface area contributed by atoms with Gasteiger partial charge in [-0.25, -0.2) is 9.48 Å². The number of para-hydroxylation sites is 1. The molecule has 0 fully saturated rings. The Labute approximate surface area is 176 Å². The number of amides is 1. The molecule has 0 spiro atoms. The van der Waals surface area contributed by atoms with Crippen molar-refractivity contribution in [2.45, 2.75) is 20.0 Å². The molecular weight excluding hydrogens is 412 g/mol. The van der Waals surface area contributed by atoms with Crippen LogP contribution in [0.1, 0.15) is 23.0 Å². The molecule has 3 aromatic rings. The summed E-state index contributed by atoms with van der Waals surface area (Å²) in [5, 5.41) is 17.6. The second-order valence-corrected chi connectivity index (χ2v) is 6.70. The molecule has 1 amide bonds. The van der Waals surface area contributed by atoms with Gasteiger partial charge in [-0.15, -0.1) is 0 Å². The molecule has 0 aliphatic heterocycles. The number of nitro groups is 1. The largest absolute Gasteiger partial charge is 0.449 e. The van der Waals surface area contributed by atoms with Crippen LogP contribution in [0.15, 0.2) is 54.6 Å². The smallest absolute Gasteiger partial charge is 0.344 e. The molecule has 154 valence electrons. The van der Waals surface area contributed by atoms with Gasteiger partial charge in [0, 0.05) is 17.8 Å². The molecule has 0 radical (unpaired) electrons. The average Bonchev–Trinajstić information content (AvgIpc) is 3.03. The fraction of sp³-hybridized carbons (Fsp3) is 0.150. The van der Waals surface area contributed by atoms with E-state index in [0.717, 1.165) is 0 Å². The molecule has 10 heteroatoms. The molecule has 0 saturated heterocycles. The van der Waals surface area contributed by atoms with Gasteiger partial charge >= 0.3 is 5.97 Å². The van der Waals surface area contributed by atoms with E-state index < -0.39 is 22.9 Å². The van der Waals surface area contributed by atoms with Crippen molar-refractivity contribution in [3.8, 4) is 5.69 Å². The Hall–Kier alpha value is -3.72. The molecule has 1 aromatic heterocycles. The van der Waals surface area contributed by atoms with Gasteiger partial charge in [-0.2, -0.15) is 5.10 Å². The standard InChI is InChI=1S/C20H17ClN4O5/c1-12-17(18(21)24(23-12)15-6-4-3-5-7-15)20(27)30-13(2)19(26)22-14-8-10-16(11-9-14)25(28)29/h3-11,13H,1-2H3,(H,22,26). The molecule has 2 aromatic carbocycles. The molecule has 0 bridgehead atoms. The summed E-state index contributed by atoms with van der Waals surface area (Å²) in [4.78, 5) is 35.1. The van der Waals surface area contributed by atoms with Gasteiger partial charge in [0.1, 0.15) is 10.7 Å². The topological polar surface area (TPSA) is 116 Å². The zero-order chi connectivity index (χ0) is 21.8. The molecule has 30 heavy (non-hydrogen) atoms. The summed E-state index contributed by atoms with van der Waals surface area (Å²) >= 11 is 6.34. The van der Waals surface area contributed by atoms with E-state index in [0.29, 0.717) is 17.1 Å². The highest BCUT2D eigenvalue weighted by Gasteiger charge is 2.26. The predicted molar refractivity (Wildman–Crippen MR) is 110 cm³/mol. The van der Waals surface area contributed by atoms with Gasteiger partial charge in [-0.3, -0.25) is 14.9 Å². The molecule has 1 N–H and O–H groups in total. The van der Waals surface area contributed by atoms with Crippen LogP contribution in [0, 0.1) is 17.0 Å². The highest BCUT2D eigenvalue weighted by Crippen LogP contribution is 2.25. The van der Waals surface area contributed by atoms with Crippen molar-refractivity contribution in [2.75, 3.05) is 5.32 Å². The van der Waals surface area contributed by atoms with Gasteiger partial charge in [0.15, 0.2) is 6.10 Å². The summed E-state index contributed by atoms with van der Waals surface area (Å²) < 4.78 is 6.66. The van der Waals surface area contributed by atoms with Crippen LogP contribution in [0.2, 0.25) is 5.15 Å². The van der Waals surface area contributed by atoms with Crippen molar-refractivity contribution < 1.29 is 19.2 Å². The normalized spacial score (nSPS) is 11.6. The van der Waals surface area contributed by atoms with E-state index in [2.05, 4.69) is 10.4 Å². The second-order valence-electron chi connectivity index (χ2n) is 6.34. The number of aryl methyl sites for hydroxylation is 1. The Balaban J connectivity index is 1.70. The van der Waals surface area contributed by atoms with Crippen LogP contribution >= 0.6 is 11.6 Å². The fourth-order valence-corrected chi connectivity index (χ4v) is 3.00. The van der Waals surface area contributed by atoms with E-state index in [1.807, 2.05) is 18.2 Å². The summed E-state index contributed by atoms with van der Waals surface area (Å²) in [6.45, 7) is 3.02. The summed E-state index contributed by atoms with van der Waals surface area (Å²) in [6.07, 6.45) is -1.14. The van der Waals surface area contributed by atoms with E-state index >= 15 is 0 Å². The molecule has 1 unspecified atom stereocenters. The van der Waals surface area contributed by atoms with Crippen molar-refractivity contribution >= 4 is 34.9 Å². The quantitative estimate of drug-likeness (QED) is 0.361. The Morgan fingerprint density at radius 1 is 1.17 bits per heavy atom.